The number of ether oxygens (including phenoxy) is 3. The number of unbranched alkanes of at least 4 members (excludes halogenated alkanes) is 27. The lowest BCUT2D eigenvalue weighted by atomic mass is 10.0. The van der Waals surface area contributed by atoms with E-state index in [9.17, 15) is 14.4 Å². The number of rotatable bonds is 53. The van der Waals surface area contributed by atoms with Crippen LogP contribution < -0.4 is 0 Å². The van der Waals surface area contributed by atoms with Gasteiger partial charge in [-0.1, -0.05) is 272 Å². The van der Waals surface area contributed by atoms with Crippen molar-refractivity contribution in [2.24, 2.45) is 0 Å². The van der Waals surface area contributed by atoms with Gasteiger partial charge in [0.1, 0.15) is 13.2 Å². The quantitative estimate of drug-likeness (QED) is 0.0261. The Kier molecular flexibility index (Phi) is 55.9. The first-order valence-electron chi connectivity index (χ1n) is 29.7. The van der Waals surface area contributed by atoms with Gasteiger partial charge in [0.15, 0.2) is 6.10 Å². The SMILES string of the molecule is CC/C=C\C/C=C\C/C=C\C/C=C\C/C=C\CC(=O)OC(COC(=O)CCCCCCCCCCC)COC(=O)CCCCCCCCCCCCCCCC/C=C\C/C=C\C/C=C\CCCCCCC. The maximum Gasteiger partial charge on any atom is 0.310 e. The van der Waals surface area contributed by atoms with Crippen molar-refractivity contribution in [2.45, 2.75) is 284 Å². The van der Waals surface area contributed by atoms with Crippen molar-refractivity contribution < 1.29 is 28.6 Å². The van der Waals surface area contributed by atoms with Crippen molar-refractivity contribution in [3.05, 3.63) is 97.2 Å². The number of allylic oxidation sites excluding steroid dienone is 15. The summed E-state index contributed by atoms with van der Waals surface area (Å²) < 4.78 is 16.7. The average Bonchev–Trinajstić information content (AvgIpc) is 3.37. The minimum absolute atomic E-state index is 0.0971. The molecular weight excluding hydrogens is 877 g/mol. The molecule has 0 aliphatic rings. The van der Waals surface area contributed by atoms with E-state index in [2.05, 4.69) is 106 Å². The molecule has 0 rings (SSSR count). The molecule has 0 spiro atoms. The number of carbonyl (C=O) groups is 3. The zero-order chi connectivity index (χ0) is 51.4. The van der Waals surface area contributed by atoms with Crippen LogP contribution in [-0.4, -0.2) is 37.2 Å². The molecule has 1 atom stereocenters. The lowest BCUT2D eigenvalue weighted by molar-refractivity contribution is -0.166. The fourth-order valence-electron chi connectivity index (χ4n) is 8.17. The van der Waals surface area contributed by atoms with Crippen LogP contribution in [-0.2, 0) is 28.6 Å². The van der Waals surface area contributed by atoms with Crippen molar-refractivity contribution in [3.8, 4) is 0 Å². The summed E-state index contributed by atoms with van der Waals surface area (Å²) in [4.78, 5) is 37.9. The van der Waals surface area contributed by atoms with Crippen LogP contribution in [0.1, 0.15) is 278 Å². The standard InChI is InChI=1S/C65H110O6/c1-4-7-10-13-16-19-21-23-25-26-27-28-29-30-31-32-33-34-35-36-37-38-40-41-43-46-49-52-55-58-64(67)70-61-62(60-69-63(66)57-54-51-48-45-18-15-12-9-6-3)71-65(68)59-56-53-50-47-44-42-39-24-22-20-17-14-11-8-5-2/h8,11,17,20-21,23-24,26-27,29-30,39,44,47,53,56,62H,4-7,9-10,12-16,18-19,22,25,28,31-38,40-43,45-46,48-52,54-55,57-61H2,1-3H3/b11-8-,20-17-,23-21-,27-26-,30-29-,39-24-,47-44-,56-53-. The summed E-state index contributed by atoms with van der Waals surface area (Å²) in [5.74, 6) is -1.05. The second-order valence-corrected chi connectivity index (χ2v) is 19.5. The highest BCUT2D eigenvalue weighted by Crippen LogP contribution is 2.15. The number of esters is 3. The van der Waals surface area contributed by atoms with Gasteiger partial charge in [-0.25, -0.2) is 0 Å². The summed E-state index contributed by atoms with van der Waals surface area (Å²) in [5.41, 5.74) is 0. The fraction of sp³-hybridized carbons (Fsp3) is 0.708. The van der Waals surface area contributed by atoms with Crippen molar-refractivity contribution >= 4 is 17.9 Å². The Balaban J connectivity index is 4.22. The Morgan fingerprint density at radius 1 is 0.310 bits per heavy atom. The first-order chi connectivity index (χ1) is 35.0. The Labute approximate surface area is 438 Å². The third-order valence-electron chi connectivity index (χ3n) is 12.6. The second kappa shape index (κ2) is 58.9. The van der Waals surface area contributed by atoms with Gasteiger partial charge in [-0.2, -0.15) is 0 Å². The van der Waals surface area contributed by atoms with Crippen LogP contribution >= 0.6 is 0 Å². The van der Waals surface area contributed by atoms with Gasteiger partial charge >= 0.3 is 17.9 Å². The van der Waals surface area contributed by atoms with E-state index < -0.39 is 12.1 Å². The van der Waals surface area contributed by atoms with Crippen LogP contribution in [0.15, 0.2) is 97.2 Å². The molecule has 0 N–H and O–H groups in total. The lowest BCUT2D eigenvalue weighted by Gasteiger charge is -2.18. The molecule has 71 heavy (non-hydrogen) atoms. The Morgan fingerprint density at radius 3 is 0.930 bits per heavy atom. The molecule has 0 amide bonds. The third kappa shape index (κ3) is 57.1. The highest BCUT2D eigenvalue weighted by atomic mass is 16.6. The van der Waals surface area contributed by atoms with Crippen LogP contribution in [0.4, 0.5) is 0 Å². The summed E-state index contributed by atoms with van der Waals surface area (Å²) in [5, 5.41) is 0. The first kappa shape index (κ1) is 67.3. The summed E-state index contributed by atoms with van der Waals surface area (Å²) in [6, 6.07) is 0. The molecule has 0 fully saturated rings. The zero-order valence-corrected chi connectivity index (χ0v) is 46.5. The van der Waals surface area contributed by atoms with Gasteiger partial charge in [-0.15, -0.1) is 0 Å². The molecule has 0 saturated carbocycles. The molecule has 0 aromatic rings. The zero-order valence-electron chi connectivity index (χ0n) is 46.5. The summed E-state index contributed by atoms with van der Waals surface area (Å²) in [6.07, 6.45) is 78.8. The molecule has 0 aromatic carbocycles. The Hall–Kier alpha value is -3.67. The maximum atomic E-state index is 12.7. The molecule has 1 unspecified atom stereocenters. The Bertz CT molecular complexity index is 1410. The van der Waals surface area contributed by atoms with Crippen LogP contribution in [0, 0.1) is 0 Å². The number of hydrogen-bond acceptors (Lipinski definition) is 6. The van der Waals surface area contributed by atoms with E-state index >= 15 is 0 Å². The van der Waals surface area contributed by atoms with E-state index in [0.717, 1.165) is 83.5 Å². The highest BCUT2D eigenvalue weighted by molar-refractivity contribution is 5.72. The van der Waals surface area contributed by atoms with Crippen LogP contribution in [0.5, 0.6) is 0 Å². The molecule has 0 bridgehead atoms. The first-order valence-corrected chi connectivity index (χ1v) is 29.7. The minimum Gasteiger partial charge on any atom is -0.462 e. The van der Waals surface area contributed by atoms with Crippen LogP contribution in [0.3, 0.4) is 0 Å². The molecule has 0 aliphatic heterocycles. The lowest BCUT2D eigenvalue weighted by Crippen LogP contribution is -2.30. The van der Waals surface area contributed by atoms with E-state index in [1.54, 1.807) is 6.08 Å². The number of hydrogen-bond donors (Lipinski definition) is 0. The minimum atomic E-state index is -0.829. The highest BCUT2D eigenvalue weighted by Gasteiger charge is 2.19. The number of carbonyl (C=O) groups excluding carboxylic acids is 3. The van der Waals surface area contributed by atoms with E-state index in [0.29, 0.717) is 12.8 Å². The van der Waals surface area contributed by atoms with E-state index in [1.807, 2.05) is 6.08 Å². The normalized spacial score (nSPS) is 12.8. The molecule has 6 heteroatoms. The second-order valence-electron chi connectivity index (χ2n) is 19.5. The predicted octanol–water partition coefficient (Wildman–Crippen LogP) is 20.1. The van der Waals surface area contributed by atoms with Crippen LogP contribution in [0.2, 0.25) is 0 Å². The molecule has 0 aliphatic carbocycles. The Morgan fingerprint density at radius 2 is 0.592 bits per heavy atom. The molecule has 0 radical (unpaired) electrons. The van der Waals surface area contributed by atoms with Crippen molar-refractivity contribution in [3.63, 3.8) is 0 Å². The molecule has 0 aromatic heterocycles. The van der Waals surface area contributed by atoms with Gasteiger partial charge < -0.3 is 14.2 Å². The maximum absolute atomic E-state index is 12.7. The van der Waals surface area contributed by atoms with Gasteiger partial charge in [0, 0.05) is 12.8 Å². The molecular formula is C65H110O6. The average molecular weight is 988 g/mol. The van der Waals surface area contributed by atoms with Crippen molar-refractivity contribution in [1.82, 2.24) is 0 Å². The molecule has 0 saturated heterocycles. The fourth-order valence-corrected chi connectivity index (χ4v) is 8.17. The van der Waals surface area contributed by atoms with E-state index in [-0.39, 0.29) is 31.6 Å². The third-order valence-corrected chi connectivity index (χ3v) is 12.6. The predicted molar refractivity (Wildman–Crippen MR) is 307 cm³/mol. The molecule has 0 heterocycles. The topological polar surface area (TPSA) is 78.9 Å². The van der Waals surface area contributed by atoms with Crippen LogP contribution in [0.25, 0.3) is 0 Å². The molecule has 6 nitrogen and oxygen atoms in total. The summed E-state index contributed by atoms with van der Waals surface area (Å²) in [6.45, 7) is 6.42. The monoisotopic (exact) mass is 987 g/mol. The molecule has 406 valence electrons. The van der Waals surface area contributed by atoms with Gasteiger partial charge in [0.05, 0.1) is 6.42 Å². The van der Waals surface area contributed by atoms with Crippen molar-refractivity contribution in [2.75, 3.05) is 13.2 Å². The largest absolute Gasteiger partial charge is 0.462 e. The van der Waals surface area contributed by atoms with Gasteiger partial charge in [-0.3, -0.25) is 14.4 Å². The van der Waals surface area contributed by atoms with Gasteiger partial charge in [0.2, 0.25) is 0 Å². The summed E-state index contributed by atoms with van der Waals surface area (Å²) in [7, 11) is 0. The van der Waals surface area contributed by atoms with Gasteiger partial charge in [0.25, 0.3) is 0 Å². The van der Waals surface area contributed by atoms with E-state index in [4.69, 9.17) is 14.2 Å². The van der Waals surface area contributed by atoms with Crippen molar-refractivity contribution in [1.29, 1.82) is 0 Å². The smallest absolute Gasteiger partial charge is 0.310 e. The summed E-state index contributed by atoms with van der Waals surface area (Å²) >= 11 is 0. The van der Waals surface area contributed by atoms with E-state index in [1.165, 1.54) is 154 Å². The van der Waals surface area contributed by atoms with Gasteiger partial charge in [-0.05, 0) is 83.5 Å².